The van der Waals surface area contributed by atoms with Crippen LogP contribution in [0.4, 0.5) is 0 Å². The number of nitrogens with one attached hydrogen (secondary N) is 3. The van der Waals surface area contributed by atoms with E-state index in [9.17, 15) is 34.2 Å². The predicted molar refractivity (Wildman–Crippen MR) is 120 cm³/mol. The van der Waals surface area contributed by atoms with Gasteiger partial charge in [-0.05, 0) is 25.7 Å². The zero-order valence-corrected chi connectivity index (χ0v) is 19.4. The first-order chi connectivity index (χ1) is 15.7. The van der Waals surface area contributed by atoms with Crippen LogP contribution in [0.15, 0.2) is 4.99 Å². The van der Waals surface area contributed by atoms with Gasteiger partial charge in [-0.25, -0.2) is 4.79 Å². The Morgan fingerprint density at radius 2 is 1.44 bits per heavy atom. The first-order valence-electron chi connectivity index (χ1n) is 10.5. The second kappa shape index (κ2) is 14.6. The molecule has 0 saturated carbocycles. The monoisotopic (exact) mass is 489 g/mol. The SMILES string of the molecule is CC(C)C(NC(=O)C(N)C(C)O)C(=O)NC(CCCN=C(N)N)C(=O)NC(CC(=O)O)C(=O)O. The van der Waals surface area contributed by atoms with Gasteiger partial charge in [-0.2, -0.15) is 0 Å². The van der Waals surface area contributed by atoms with E-state index in [1.165, 1.54) is 6.92 Å². The van der Waals surface area contributed by atoms with Crippen molar-refractivity contribution in [1.29, 1.82) is 0 Å². The Hall–Kier alpha value is -3.46. The predicted octanol–water partition coefficient (Wildman–Crippen LogP) is -3.58. The molecule has 15 heteroatoms. The van der Waals surface area contributed by atoms with Crippen molar-refractivity contribution in [3.05, 3.63) is 0 Å². The van der Waals surface area contributed by atoms with Crippen LogP contribution < -0.4 is 33.2 Å². The van der Waals surface area contributed by atoms with Crippen molar-refractivity contribution < 1.29 is 39.3 Å². The van der Waals surface area contributed by atoms with Crippen molar-refractivity contribution >= 4 is 35.6 Å². The van der Waals surface area contributed by atoms with E-state index in [4.69, 9.17) is 22.3 Å². The van der Waals surface area contributed by atoms with E-state index in [1.807, 2.05) is 0 Å². The number of guanidine groups is 1. The second-order valence-electron chi connectivity index (χ2n) is 8.00. The van der Waals surface area contributed by atoms with Gasteiger partial charge in [-0.3, -0.25) is 24.2 Å². The highest BCUT2D eigenvalue weighted by atomic mass is 16.4. The molecule has 0 bridgehead atoms. The van der Waals surface area contributed by atoms with Crippen LogP contribution in [0.1, 0.15) is 40.0 Å². The van der Waals surface area contributed by atoms with Crippen molar-refractivity contribution in [2.24, 2.45) is 28.1 Å². The summed E-state index contributed by atoms with van der Waals surface area (Å²) in [7, 11) is 0. The highest BCUT2D eigenvalue weighted by molar-refractivity contribution is 5.94. The smallest absolute Gasteiger partial charge is 0.326 e. The zero-order valence-electron chi connectivity index (χ0n) is 19.4. The maximum absolute atomic E-state index is 12.9. The molecule has 0 aliphatic heterocycles. The summed E-state index contributed by atoms with van der Waals surface area (Å²) in [5, 5.41) is 34.5. The fraction of sp³-hybridized carbons (Fsp3) is 0.684. The molecular formula is C19H35N7O8. The molecule has 3 amide bonds. The largest absolute Gasteiger partial charge is 0.481 e. The van der Waals surface area contributed by atoms with E-state index in [0.717, 1.165) is 0 Å². The average Bonchev–Trinajstić information content (AvgIpc) is 2.71. The Balaban J connectivity index is 5.59. The number of aliphatic imine (C=N–C) groups is 1. The third-order valence-corrected chi connectivity index (χ3v) is 4.64. The summed E-state index contributed by atoms with van der Waals surface area (Å²) in [6.07, 6.45) is -1.87. The molecule has 0 aliphatic rings. The minimum absolute atomic E-state index is 0.0281. The number of carboxylic acid groups (broad SMARTS) is 2. The molecule has 0 aromatic rings. The van der Waals surface area contributed by atoms with Crippen LogP contribution in [0.3, 0.4) is 0 Å². The van der Waals surface area contributed by atoms with Crippen molar-refractivity contribution in [3.8, 4) is 0 Å². The molecule has 0 heterocycles. The number of amides is 3. The number of nitrogens with two attached hydrogens (primary N) is 3. The van der Waals surface area contributed by atoms with Crippen molar-refractivity contribution in [2.75, 3.05) is 6.54 Å². The van der Waals surface area contributed by atoms with E-state index >= 15 is 0 Å². The summed E-state index contributed by atoms with van der Waals surface area (Å²) in [5.74, 6) is -6.15. The summed E-state index contributed by atoms with van der Waals surface area (Å²) in [4.78, 5) is 63.8. The Kier molecular flexibility index (Phi) is 13.2. The van der Waals surface area contributed by atoms with Gasteiger partial charge in [0.05, 0.1) is 12.5 Å². The topological polar surface area (TPSA) is 273 Å². The van der Waals surface area contributed by atoms with E-state index in [-0.39, 0.29) is 25.3 Å². The van der Waals surface area contributed by atoms with E-state index < -0.39 is 72.3 Å². The number of hydrogen-bond acceptors (Lipinski definition) is 8. The number of carbonyl (C=O) groups is 5. The standard InChI is InChI=1S/C19H35N7O8/c1-8(2)14(26-16(31)13(20)9(3)27)17(32)24-10(5-4-6-23-19(21)22)15(30)25-11(18(33)34)7-12(28)29/h8-11,13-14,27H,4-7,20H2,1-3H3,(H,24,32)(H,25,30)(H,26,31)(H,28,29)(H,33,34)(H4,21,22,23). The Morgan fingerprint density at radius 1 is 0.882 bits per heavy atom. The number of nitrogens with zero attached hydrogens (tertiary/aromatic N) is 1. The third kappa shape index (κ3) is 11.4. The molecule has 15 nitrogen and oxygen atoms in total. The Bertz CT molecular complexity index is 768. The van der Waals surface area contributed by atoms with Crippen LogP contribution in [-0.2, 0) is 24.0 Å². The van der Waals surface area contributed by atoms with Crippen LogP contribution in [0.5, 0.6) is 0 Å². The quantitative estimate of drug-likeness (QED) is 0.0616. The molecule has 0 fully saturated rings. The molecule has 0 aliphatic carbocycles. The molecule has 5 unspecified atom stereocenters. The van der Waals surface area contributed by atoms with Crippen LogP contribution in [0.25, 0.3) is 0 Å². The first kappa shape index (κ1) is 30.5. The molecule has 0 saturated heterocycles. The maximum Gasteiger partial charge on any atom is 0.326 e. The lowest BCUT2D eigenvalue weighted by atomic mass is 10.0. The van der Waals surface area contributed by atoms with Gasteiger partial charge in [0, 0.05) is 6.54 Å². The number of rotatable bonds is 15. The van der Waals surface area contributed by atoms with Gasteiger partial charge in [0.15, 0.2) is 5.96 Å². The lowest BCUT2D eigenvalue weighted by Crippen LogP contribution is -2.59. The molecule has 0 aromatic heterocycles. The lowest BCUT2D eigenvalue weighted by molar-refractivity contribution is -0.147. The molecule has 5 atom stereocenters. The number of aliphatic carboxylic acids is 2. The first-order valence-corrected chi connectivity index (χ1v) is 10.5. The van der Waals surface area contributed by atoms with Gasteiger partial charge in [0.2, 0.25) is 17.7 Å². The van der Waals surface area contributed by atoms with Gasteiger partial charge in [0.25, 0.3) is 0 Å². The van der Waals surface area contributed by atoms with Gasteiger partial charge >= 0.3 is 11.9 Å². The minimum Gasteiger partial charge on any atom is -0.481 e. The van der Waals surface area contributed by atoms with Crippen LogP contribution in [0.2, 0.25) is 0 Å². The summed E-state index contributed by atoms with van der Waals surface area (Å²) < 4.78 is 0. The van der Waals surface area contributed by atoms with Crippen molar-refractivity contribution in [1.82, 2.24) is 16.0 Å². The molecule has 0 radical (unpaired) electrons. The van der Waals surface area contributed by atoms with Crippen LogP contribution in [-0.4, -0.2) is 87.8 Å². The molecule has 0 spiro atoms. The highest BCUT2D eigenvalue weighted by Gasteiger charge is 2.32. The number of aliphatic hydroxyl groups excluding tert-OH is 1. The second-order valence-corrected chi connectivity index (χ2v) is 8.00. The summed E-state index contributed by atoms with van der Waals surface area (Å²) in [6, 6.07) is -5.45. The molecule has 34 heavy (non-hydrogen) atoms. The average molecular weight is 490 g/mol. The molecule has 12 N–H and O–H groups in total. The molecule has 0 rings (SSSR count). The fourth-order valence-corrected chi connectivity index (χ4v) is 2.68. The minimum atomic E-state index is -1.73. The Labute approximate surface area is 196 Å². The molecular weight excluding hydrogens is 454 g/mol. The van der Waals surface area contributed by atoms with Crippen LogP contribution in [0, 0.1) is 5.92 Å². The van der Waals surface area contributed by atoms with E-state index in [2.05, 4.69) is 20.9 Å². The fourth-order valence-electron chi connectivity index (χ4n) is 2.68. The summed E-state index contributed by atoms with van der Waals surface area (Å²) >= 11 is 0. The molecule has 194 valence electrons. The lowest BCUT2D eigenvalue weighted by Gasteiger charge is -2.27. The molecule has 0 aromatic carbocycles. The Morgan fingerprint density at radius 3 is 1.88 bits per heavy atom. The van der Waals surface area contributed by atoms with Crippen LogP contribution >= 0.6 is 0 Å². The summed E-state index contributed by atoms with van der Waals surface area (Å²) in [6.45, 7) is 4.66. The highest BCUT2D eigenvalue weighted by Crippen LogP contribution is 2.07. The maximum atomic E-state index is 12.9. The van der Waals surface area contributed by atoms with Gasteiger partial charge < -0.3 is 48.5 Å². The van der Waals surface area contributed by atoms with Crippen molar-refractivity contribution in [2.45, 2.75) is 70.3 Å². The van der Waals surface area contributed by atoms with Crippen molar-refractivity contribution in [3.63, 3.8) is 0 Å². The third-order valence-electron chi connectivity index (χ3n) is 4.64. The van der Waals surface area contributed by atoms with Gasteiger partial charge in [0.1, 0.15) is 24.2 Å². The zero-order chi connectivity index (χ0) is 26.6. The van der Waals surface area contributed by atoms with E-state index in [0.29, 0.717) is 0 Å². The number of hydrogen-bond donors (Lipinski definition) is 9. The number of carboxylic acids is 2. The normalized spacial score (nSPS) is 15.2. The van der Waals surface area contributed by atoms with Gasteiger partial charge in [-0.15, -0.1) is 0 Å². The van der Waals surface area contributed by atoms with Gasteiger partial charge in [-0.1, -0.05) is 13.8 Å². The number of carbonyl (C=O) groups excluding carboxylic acids is 3. The summed E-state index contributed by atoms with van der Waals surface area (Å²) in [5.41, 5.74) is 16.1. The number of aliphatic hydroxyl groups is 1. The van der Waals surface area contributed by atoms with E-state index in [1.54, 1.807) is 13.8 Å².